The highest BCUT2D eigenvalue weighted by Gasteiger charge is 2.10. The van der Waals surface area contributed by atoms with E-state index in [-0.39, 0.29) is 0 Å². The van der Waals surface area contributed by atoms with Crippen molar-refractivity contribution in [2.75, 3.05) is 7.05 Å². The van der Waals surface area contributed by atoms with Crippen LogP contribution in [0.1, 0.15) is 24.8 Å². The zero-order valence-corrected chi connectivity index (χ0v) is 8.38. The van der Waals surface area contributed by atoms with Gasteiger partial charge in [0.25, 0.3) is 0 Å². The smallest absolute Gasteiger partial charge is 0.0228 e. The van der Waals surface area contributed by atoms with Crippen LogP contribution in [0.2, 0.25) is 0 Å². The highest BCUT2D eigenvalue weighted by Crippen LogP contribution is 2.24. The molecule has 0 heterocycles. The van der Waals surface area contributed by atoms with E-state index in [0.717, 1.165) is 12.1 Å². The van der Waals surface area contributed by atoms with E-state index >= 15 is 0 Å². The minimum atomic E-state index is 0.436. The largest absolute Gasteiger partial charge is 0.391 e. The van der Waals surface area contributed by atoms with Crippen LogP contribution in [0, 0.1) is 0 Å². The van der Waals surface area contributed by atoms with Gasteiger partial charge in [0, 0.05) is 18.7 Å². The van der Waals surface area contributed by atoms with Gasteiger partial charge in [0.2, 0.25) is 0 Å². The molecule has 0 aliphatic carbocycles. The summed E-state index contributed by atoms with van der Waals surface area (Å²) in [4.78, 5) is 0. The second-order valence-corrected chi connectivity index (χ2v) is 3.15. The Labute approximate surface area is 80.5 Å². The monoisotopic (exact) mass is 175 g/mol. The molecular weight excluding hydrogens is 158 g/mol. The molecular formula is C12H17N. The summed E-state index contributed by atoms with van der Waals surface area (Å²) in [6.45, 7) is 6.19. The van der Waals surface area contributed by atoms with Gasteiger partial charge in [-0.25, -0.2) is 0 Å². The van der Waals surface area contributed by atoms with E-state index in [4.69, 9.17) is 0 Å². The van der Waals surface area contributed by atoms with Crippen molar-refractivity contribution in [2.24, 2.45) is 0 Å². The fourth-order valence-electron chi connectivity index (χ4n) is 1.54. The Morgan fingerprint density at radius 3 is 2.46 bits per heavy atom. The first-order valence-electron chi connectivity index (χ1n) is 4.71. The van der Waals surface area contributed by atoms with Crippen molar-refractivity contribution in [1.29, 1.82) is 0 Å². The molecule has 13 heavy (non-hydrogen) atoms. The number of hydrogen-bond donors (Lipinski definition) is 1. The first kappa shape index (κ1) is 9.85. The predicted octanol–water partition coefficient (Wildman–Crippen LogP) is 2.91. The van der Waals surface area contributed by atoms with E-state index in [1.165, 1.54) is 5.56 Å². The highest BCUT2D eigenvalue weighted by molar-refractivity contribution is 5.26. The van der Waals surface area contributed by atoms with Gasteiger partial charge < -0.3 is 5.32 Å². The Hall–Kier alpha value is -1.24. The van der Waals surface area contributed by atoms with Crippen LogP contribution in [0.15, 0.2) is 42.6 Å². The molecule has 0 saturated carbocycles. The summed E-state index contributed by atoms with van der Waals surface area (Å²) < 4.78 is 0. The van der Waals surface area contributed by atoms with Crippen LogP contribution >= 0.6 is 0 Å². The SMILES string of the molecule is C=C(NC)C(CC)c1ccccc1. The van der Waals surface area contributed by atoms with Crippen LogP contribution < -0.4 is 5.32 Å². The van der Waals surface area contributed by atoms with Crippen LogP contribution in [0.3, 0.4) is 0 Å². The standard InChI is InChI=1S/C12H17N/c1-4-12(10(2)13-3)11-8-6-5-7-9-11/h5-9,12-13H,2,4H2,1,3H3. The summed E-state index contributed by atoms with van der Waals surface area (Å²) in [6.07, 6.45) is 1.09. The molecule has 0 saturated heterocycles. The minimum absolute atomic E-state index is 0.436. The molecule has 0 spiro atoms. The number of rotatable bonds is 4. The minimum Gasteiger partial charge on any atom is -0.391 e. The van der Waals surface area contributed by atoms with Crippen molar-refractivity contribution < 1.29 is 0 Å². The van der Waals surface area contributed by atoms with Gasteiger partial charge in [0.05, 0.1) is 0 Å². The van der Waals surface area contributed by atoms with Crippen LogP contribution in [0.4, 0.5) is 0 Å². The first-order valence-corrected chi connectivity index (χ1v) is 4.71. The van der Waals surface area contributed by atoms with Crippen molar-refractivity contribution in [3.8, 4) is 0 Å². The van der Waals surface area contributed by atoms with Crippen LogP contribution in [-0.2, 0) is 0 Å². The second kappa shape index (κ2) is 4.70. The molecule has 0 bridgehead atoms. The molecule has 0 radical (unpaired) electrons. The average molecular weight is 175 g/mol. The molecule has 1 rings (SSSR count). The predicted molar refractivity (Wildman–Crippen MR) is 57.7 cm³/mol. The normalized spacial score (nSPS) is 12.2. The van der Waals surface area contributed by atoms with Crippen molar-refractivity contribution in [3.63, 3.8) is 0 Å². The van der Waals surface area contributed by atoms with Gasteiger partial charge in [-0.3, -0.25) is 0 Å². The zero-order valence-electron chi connectivity index (χ0n) is 8.38. The molecule has 1 aromatic carbocycles. The molecule has 0 amide bonds. The lowest BCUT2D eigenvalue weighted by atomic mass is 9.94. The summed E-state index contributed by atoms with van der Waals surface area (Å²) in [6, 6.07) is 10.5. The summed E-state index contributed by atoms with van der Waals surface area (Å²) in [5, 5.41) is 3.12. The number of nitrogens with one attached hydrogen (secondary N) is 1. The number of likely N-dealkylation sites (N-methyl/N-ethyl adjacent to an activating group) is 1. The lowest BCUT2D eigenvalue weighted by Crippen LogP contribution is -2.12. The summed E-state index contributed by atoms with van der Waals surface area (Å²) in [5.74, 6) is 0.436. The third-order valence-corrected chi connectivity index (χ3v) is 2.35. The van der Waals surface area contributed by atoms with E-state index in [1.54, 1.807) is 0 Å². The maximum atomic E-state index is 4.01. The lowest BCUT2D eigenvalue weighted by molar-refractivity contribution is 0.707. The Balaban J connectivity index is 2.85. The van der Waals surface area contributed by atoms with Gasteiger partial charge in [-0.1, -0.05) is 43.8 Å². The zero-order chi connectivity index (χ0) is 9.68. The van der Waals surface area contributed by atoms with Gasteiger partial charge in [-0.15, -0.1) is 0 Å². The third kappa shape index (κ3) is 2.35. The Morgan fingerprint density at radius 2 is 2.00 bits per heavy atom. The molecule has 1 unspecified atom stereocenters. The maximum absolute atomic E-state index is 4.01. The molecule has 1 heteroatoms. The van der Waals surface area contributed by atoms with E-state index in [2.05, 4.69) is 43.1 Å². The Morgan fingerprint density at radius 1 is 1.38 bits per heavy atom. The molecule has 1 atom stereocenters. The van der Waals surface area contributed by atoms with Crippen LogP contribution in [0.25, 0.3) is 0 Å². The topological polar surface area (TPSA) is 12.0 Å². The Bertz CT molecular complexity index is 264. The van der Waals surface area contributed by atoms with E-state index in [1.807, 2.05) is 13.1 Å². The molecule has 0 aromatic heterocycles. The molecule has 1 N–H and O–H groups in total. The third-order valence-electron chi connectivity index (χ3n) is 2.35. The number of hydrogen-bond acceptors (Lipinski definition) is 1. The number of allylic oxidation sites excluding steroid dienone is 1. The quantitative estimate of drug-likeness (QED) is 0.742. The van der Waals surface area contributed by atoms with Crippen LogP contribution in [-0.4, -0.2) is 7.05 Å². The van der Waals surface area contributed by atoms with E-state index in [0.29, 0.717) is 5.92 Å². The summed E-state index contributed by atoms with van der Waals surface area (Å²) in [7, 11) is 1.92. The molecule has 1 aromatic rings. The van der Waals surface area contributed by atoms with Crippen molar-refractivity contribution in [2.45, 2.75) is 19.3 Å². The molecule has 0 aliphatic heterocycles. The maximum Gasteiger partial charge on any atom is 0.0228 e. The van der Waals surface area contributed by atoms with Crippen molar-refractivity contribution >= 4 is 0 Å². The first-order chi connectivity index (χ1) is 6.29. The lowest BCUT2D eigenvalue weighted by Gasteiger charge is -2.17. The second-order valence-electron chi connectivity index (χ2n) is 3.15. The van der Waals surface area contributed by atoms with Gasteiger partial charge in [-0.05, 0) is 12.0 Å². The fraction of sp³-hybridized carbons (Fsp3) is 0.333. The molecule has 70 valence electrons. The van der Waals surface area contributed by atoms with Gasteiger partial charge in [0.1, 0.15) is 0 Å². The molecule has 0 aliphatic rings. The molecule has 1 nitrogen and oxygen atoms in total. The number of benzene rings is 1. The van der Waals surface area contributed by atoms with Crippen molar-refractivity contribution in [1.82, 2.24) is 5.32 Å². The van der Waals surface area contributed by atoms with E-state index in [9.17, 15) is 0 Å². The summed E-state index contributed by atoms with van der Waals surface area (Å²) in [5.41, 5.74) is 2.43. The van der Waals surface area contributed by atoms with Gasteiger partial charge in [0.15, 0.2) is 0 Å². The van der Waals surface area contributed by atoms with Crippen LogP contribution in [0.5, 0.6) is 0 Å². The van der Waals surface area contributed by atoms with Gasteiger partial charge >= 0.3 is 0 Å². The highest BCUT2D eigenvalue weighted by atomic mass is 14.8. The Kier molecular flexibility index (Phi) is 3.56. The van der Waals surface area contributed by atoms with Gasteiger partial charge in [-0.2, -0.15) is 0 Å². The van der Waals surface area contributed by atoms with E-state index < -0.39 is 0 Å². The molecule has 0 fully saturated rings. The fourth-order valence-corrected chi connectivity index (χ4v) is 1.54. The summed E-state index contributed by atoms with van der Waals surface area (Å²) >= 11 is 0. The van der Waals surface area contributed by atoms with Crippen molar-refractivity contribution in [3.05, 3.63) is 48.2 Å². The average Bonchev–Trinajstić information content (AvgIpc) is 2.20.